The highest BCUT2D eigenvalue weighted by molar-refractivity contribution is 5.75. The number of piperidine rings is 1. The van der Waals surface area contributed by atoms with E-state index in [1.165, 1.54) is 24.8 Å². The predicted octanol–water partition coefficient (Wildman–Crippen LogP) is 1.70. The molecule has 1 aliphatic heterocycles. The van der Waals surface area contributed by atoms with Crippen LogP contribution in [0.5, 0.6) is 0 Å². The van der Waals surface area contributed by atoms with E-state index < -0.39 is 0 Å². The quantitative estimate of drug-likeness (QED) is 0.735. The number of nitrogens with one attached hydrogen (secondary N) is 2. The van der Waals surface area contributed by atoms with Gasteiger partial charge in [-0.25, -0.2) is 4.98 Å². The highest BCUT2D eigenvalue weighted by Crippen LogP contribution is 2.23. The SMILES string of the molecule is NC(c1ccc2nc[nH]c2c1)C1CCCCN1. The van der Waals surface area contributed by atoms with Crippen molar-refractivity contribution in [1.29, 1.82) is 0 Å². The molecular weight excluding hydrogens is 212 g/mol. The first-order valence-corrected chi connectivity index (χ1v) is 6.26. The van der Waals surface area contributed by atoms with Gasteiger partial charge in [0, 0.05) is 12.1 Å². The molecule has 0 radical (unpaired) electrons. The second-order valence-electron chi connectivity index (χ2n) is 4.76. The summed E-state index contributed by atoms with van der Waals surface area (Å²) in [5, 5.41) is 3.51. The number of rotatable bonds is 2. The summed E-state index contributed by atoms with van der Waals surface area (Å²) in [6.07, 6.45) is 5.43. The number of hydrogen-bond donors (Lipinski definition) is 3. The van der Waals surface area contributed by atoms with Crippen molar-refractivity contribution in [2.45, 2.75) is 31.3 Å². The molecule has 0 amide bonds. The molecule has 2 aromatic rings. The first-order valence-electron chi connectivity index (χ1n) is 6.26. The first-order chi connectivity index (χ1) is 8.34. The van der Waals surface area contributed by atoms with Crippen molar-refractivity contribution in [1.82, 2.24) is 15.3 Å². The smallest absolute Gasteiger partial charge is 0.0931 e. The Kier molecular flexibility index (Phi) is 2.82. The van der Waals surface area contributed by atoms with Gasteiger partial charge in [-0.05, 0) is 37.1 Å². The number of aromatic nitrogens is 2. The van der Waals surface area contributed by atoms with Gasteiger partial charge in [-0.2, -0.15) is 0 Å². The van der Waals surface area contributed by atoms with E-state index in [1.807, 2.05) is 6.07 Å². The maximum absolute atomic E-state index is 6.33. The van der Waals surface area contributed by atoms with E-state index in [9.17, 15) is 0 Å². The average molecular weight is 230 g/mol. The molecule has 1 saturated heterocycles. The first kappa shape index (κ1) is 10.7. The maximum Gasteiger partial charge on any atom is 0.0931 e. The predicted molar refractivity (Wildman–Crippen MR) is 68.7 cm³/mol. The van der Waals surface area contributed by atoms with Crippen LogP contribution in [0.3, 0.4) is 0 Å². The minimum Gasteiger partial charge on any atom is -0.345 e. The van der Waals surface area contributed by atoms with Gasteiger partial charge >= 0.3 is 0 Å². The highest BCUT2D eigenvalue weighted by Gasteiger charge is 2.21. The molecule has 1 aromatic carbocycles. The summed E-state index contributed by atoms with van der Waals surface area (Å²) in [6.45, 7) is 1.09. The topological polar surface area (TPSA) is 66.7 Å². The van der Waals surface area contributed by atoms with Crippen molar-refractivity contribution in [3.8, 4) is 0 Å². The number of benzene rings is 1. The van der Waals surface area contributed by atoms with Gasteiger partial charge in [0.25, 0.3) is 0 Å². The van der Waals surface area contributed by atoms with Crippen molar-refractivity contribution in [2.75, 3.05) is 6.54 Å². The average Bonchev–Trinajstić information content (AvgIpc) is 2.86. The van der Waals surface area contributed by atoms with Crippen molar-refractivity contribution in [2.24, 2.45) is 5.73 Å². The molecule has 3 rings (SSSR count). The number of hydrogen-bond acceptors (Lipinski definition) is 3. The van der Waals surface area contributed by atoms with E-state index in [0.717, 1.165) is 17.6 Å². The van der Waals surface area contributed by atoms with Crippen molar-refractivity contribution in [3.63, 3.8) is 0 Å². The monoisotopic (exact) mass is 230 g/mol. The van der Waals surface area contributed by atoms with Gasteiger partial charge in [-0.3, -0.25) is 0 Å². The van der Waals surface area contributed by atoms with Crippen LogP contribution in [0.15, 0.2) is 24.5 Å². The third-order valence-electron chi connectivity index (χ3n) is 3.61. The summed E-state index contributed by atoms with van der Waals surface area (Å²) in [7, 11) is 0. The van der Waals surface area contributed by atoms with E-state index in [2.05, 4.69) is 27.4 Å². The molecule has 90 valence electrons. The lowest BCUT2D eigenvalue weighted by Crippen LogP contribution is -2.42. The van der Waals surface area contributed by atoms with E-state index in [0.29, 0.717) is 6.04 Å². The fourth-order valence-corrected chi connectivity index (χ4v) is 2.58. The minimum absolute atomic E-state index is 0.0722. The van der Waals surface area contributed by atoms with Crippen LogP contribution < -0.4 is 11.1 Å². The summed E-state index contributed by atoms with van der Waals surface area (Å²) in [5.41, 5.74) is 9.58. The second kappa shape index (κ2) is 4.47. The molecule has 2 heterocycles. The van der Waals surface area contributed by atoms with Crippen LogP contribution in [0, 0.1) is 0 Å². The molecule has 1 aliphatic rings. The Labute approximate surface area is 101 Å². The van der Waals surface area contributed by atoms with Crippen LogP contribution in [0.4, 0.5) is 0 Å². The molecular formula is C13H18N4. The Balaban J connectivity index is 1.86. The van der Waals surface area contributed by atoms with E-state index in [-0.39, 0.29) is 6.04 Å². The van der Waals surface area contributed by atoms with Crippen LogP contribution >= 0.6 is 0 Å². The maximum atomic E-state index is 6.33. The molecule has 4 N–H and O–H groups in total. The third kappa shape index (κ3) is 2.06. The Hall–Kier alpha value is -1.39. The van der Waals surface area contributed by atoms with E-state index in [1.54, 1.807) is 6.33 Å². The van der Waals surface area contributed by atoms with Crippen molar-refractivity contribution in [3.05, 3.63) is 30.1 Å². The Bertz CT molecular complexity index is 499. The molecule has 0 saturated carbocycles. The molecule has 1 aromatic heterocycles. The molecule has 17 heavy (non-hydrogen) atoms. The normalized spacial score (nSPS) is 22.8. The number of fused-ring (bicyclic) bond motifs is 1. The largest absolute Gasteiger partial charge is 0.345 e. The fourth-order valence-electron chi connectivity index (χ4n) is 2.58. The Morgan fingerprint density at radius 1 is 1.35 bits per heavy atom. The van der Waals surface area contributed by atoms with Crippen LogP contribution in [0.2, 0.25) is 0 Å². The molecule has 0 aliphatic carbocycles. The number of nitrogens with zero attached hydrogens (tertiary/aromatic N) is 1. The van der Waals surface area contributed by atoms with Gasteiger partial charge in [0.05, 0.1) is 17.4 Å². The number of aromatic amines is 1. The zero-order valence-corrected chi connectivity index (χ0v) is 9.82. The zero-order chi connectivity index (χ0) is 11.7. The van der Waals surface area contributed by atoms with Crippen molar-refractivity contribution < 1.29 is 0 Å². The van der Waals surface area contributed by atoms with Crippen molar-refractivity contribution >= 4 is 11.0 Å². The molecule has 4 nitrogen and oxygen atoms in total. The summed E-state index contributed by atoms with van der Waals surface area (Å²) in [5.74, 6) is 0. The van der Waals surface area contributed by atoms with Crippen LogP contribution in [-0.4, -0.2) is 22.6 Å². The van der Waals surface area contributed by atoms with Gasteiger partial charge in [-0.1, -0.05) is 12.5 Å². The van der Waals surface area contributed by atoms with Gasteiger partial charge in [0.15, 0.2) is 0 Å². The van der Waals surface area contributed by atoms with Gasteiger partial charge in [-0.15, -0.1) is 0 Å². The van der Waals surface area contributed by atoms with E-state index in [4.69, 9.17) is 5.73 Å². The highest BCUT2D eigenvalue weighted by atomic mass is 15.0. The summed E-state index contributed by atoms with van der Waals surface area (Å²) >= 11 is 0. The molecule has 1 fully saturated rings. The second-order valence-corrected chi connectivity index (χ2v) is 4.76. The lowest BCUT2D eigenvalue weighted by Gasteiger charge is -2.29. The molecule has 0 spiro atoms. The molecule has 4 heteroatoms. The minimum atomic E-state index is 0.0722. The summed E-state index contributed by atoms with van der Waals surface area (Å²) < 4.78 is 0. The number of H-pyrrole nitrogens is 1. The number of nitrogens with two attached hydrogens (primary N) is 1. The Morgan fingerprint density at radius 3 is 3.12 bits per heavy atom. The lowest BCUT2D eigenvalue weighted by molar-refractivity contribution is 0.354. The molecule has 0 bridgehead atoms. The van der Waals surface area contributed by atoms with Crippen LogP contribution in [-0.2, 0) is 0 Å². The van der Waals surface area contributed by atoms with E-state index >= 15 is 0 Å². The van der Waals surface area contributed by atoms with Gasteiger partial charge in [0.2, 0.25) is 0 Å². The van der Waals surface area contributed by atoms with Crippen LogP contribution in [0.25, 0.3) is 11.0 Å². The van der Waals surface area contributed by atoms with Gasteiger partial charge < -0.3 is 16.0 Å². The Morgan fingerprint density at radius 2 is 2.29 bits per heavy atom. The number of imidazole rings is 1. The zero-order valence-electron chi connectivity index (χ0n) is 9.82. The standard InChI is InChI=1S/C13H18N4/c14-13(11-3-1-2-6-15-11)9-4-5-10-12(7-9)17-8-16-10/h4-5,7-8,11,13,15H,1-3,6,14H2,(H,16,17). The molecule has 2 atom stereocenters. The van der Waals surface area contributed by atoms with Gasteiger partial charge in [0.1, 0.15) is 0 Å². The summed E-state index contributed by atoms with van der Waals surface area (Å²) in [6, 6.07) is 6.71. The molecule has 2 unspecified atom stereocenters. The summed E-state index contributed by atoms with van der Waals surface area (Å²) in [4.78, 5) is 7.35. The third-order valence-corrected chi connectivity index (χ3v) is 3.61. The lowest BCUT2D eigenvalue weighted by atomic mass is 9.93. The fraction of sp³-hybridized carbons (Fsp3) is 0.462. The van der Waals surface area contributed by atoms with Crippen LogP contribution in [0.1, 0.15) is 30.9 Å².